The van der Waals surface area contributed by atoms with Gasteiger partial charge in [-0.3, -0.25) is 19.6 Å². The van der Waals surface area contributed by atoms with Gasteiger partial charge in [-0.05, 0) is 25.1 Å². The maximum absolute atomic E-state index is 13.0. The van der Waals surface area contributed by atoms with E-state index in [0.29, 0.717) is 24.5 Å². The standard InChI is InChI=1S/C19H19N9O/c1-12-9-27(11-17-24-25-18(28(12)17)13-8-21-26(2)10-13)19(29)16-7-15(22-23-16)14-5-3-4-6-20-14/h3-8,10,12H,9,11H2,1-2H3,(H,22,23)/t12-/m0/s1. The minimum absolute atomic E-state index is 0.0334. The zero-order chi connectivity index (χ0) is 20.0. The number of nitrogens with one attached hydrogen (secondary N) is 1. The Balaban J connectivity index is 1.40. The lowest BCUT2D eigenvalue weighted by atomic mass is 10.2. The molecule has 1 aliphatic heterocycles. The number of aromatic amines is 1. The number of nitrogens with zero attached hydrogens (tertiary/aromatic N) is 8. The molecule has 1 aliphatic rings. The van der Waals surface area contributed by atoms with E-state index in [0.717, 1.165) is 22.9 Å². The third-order valence-electron chi connectivity index (χ3n) is 5.01. The second-order valence-electron chi connectivity index (χ2n) is 7.13. The van der Waals surface area contributed by atoms with Gasteiger partial charge >= 0.3 is 0 Å². The normalized spacial score (nSPS) is 16.1. The predicted molar refractivity (Wildman–Crippen MR) is 103 cm³/mol. The molecule has 0 aromatic carbocycles. The zero-order valence-electron chi connectivity index (χ0n) is 16.0. The first kappa shape index (κ1) is 17.3. The van der Waals surface area contributed by atoms with Gasteiger partial charge in [0.15, 0.2) is 11.6 Å². The van der Waals surface area contributed by atoms with E-state index in [1.807, 2.05) is 31.4 Å². The van der Waals surface area contributed by atoms with Gasteiger partial charge in [0.1, 0.15) is 11.4 Å². The third kappa shape index (κ3) is 2.98. The maximum Gasteiger partial charge on any atom is 0.272 e. The van der Waals surface area contributed by atoms with Crippen LogP contribution in [-0.4, -0.2) is 57.1 Å². The van der Waals surface area contributed by atoms with Crippen molar-refractivity contribution >= 4 is 5.91 Å². The van der Waals surface area contributed by atoms with Crippen LogP contribution in [0.2, 0.25) is 0 Å². The summed E-state index contributed by atoms with van der Waals surface area (Å²) in [7, 11) is 1.87. The molecule has 0 aliphatic carbocycles. The summed E-state index contributed by atoms with van der Waals surface area (Å²) in [5.74, 6) is 1.40. The largest absolute Gasteiger partial charge is 0.328 e. The lowest BCUT2D eigenvalue weighted by molar-refractivity contribution is 0.0676. The van der Waals surface area contributed by atoms with Gasteiger partial charge in [0.25, 0.3) is 5.91 Å². The summed E-state index contributed by atoms with van der Waals surface area (Å²) in [5.41, 5.74) is 2.70. The van der Waals surface area contributed by atoms with E-state index in [2.05, 4.69) is 42.0 Å². The van der Waals surface area contributed by atoms with Crippen LogP contribution in [0.15, 0.2) is 42.9 Å². The Hall–Kier alpha value is -3.82. The molecule has 29 heavy (non-hydrogen) atoms. The van der Waals surface area contributed by atoms with E-state index in [9.17, 15) is 4.79 Å². The number of hydrogen-bond acceptors (Lipinski definition) is 6. The molecule has 1 N–H and O–H groups in total. The van der Waals surface area contributed by atoms with E-state index in [4.69, 9.17) is 0 Å². The van der Waals surface area contributed by atoms with E-state index in [1.165, 1.54) is 0 Å². The number of carbonyl (C=O) groups excluding carboxylic acids is 1. The van der Waals surface area contributed by atoms with Gasteiger partial charge in [-0.15, -0.1) is 10.2 Å². The molecule has 5 heterocycles. The lowest BCUT2D eigenvalue weighted by Crippen LogP contribution is -2.40. The van der Waals surface area contributed by atoms with Crippen molar-refractivity contribution < 1.29 is 4.79 Å². The SMILES string of the molecule is C[C@H]1CN(C(=O)c2cc(-c3ccccn3)n[nH]2)Cc2nnc(-c3cnn(C)c3)n21. The Morgan fingerprint density at radius 2 is 2.14 bits per heavy atom. The summed E-state index contributed by atoms with van der Waals surface area (Å²) in [6, 6.07) is 7.35. The van der Waals surface area contributed by atoms with Gasteiger partial charge in [0.2, 0.25) is 0 Å². The summed E-state index contributed by atoms with van der Waals surface area (Å²) in [4.78, 5) is 19.1. The van der Waals surface area contributed by atoms with E-state index in [-0.39, 0.29) is 11.9 Å². The molecule has 0 unspecified atom stereocenters. The Morgan fingerprint density at radius 3 is 2.90 bits per heavy atom. The van der Waals surface area contributed by atoms with Crippen LogP contribution < -0.4 is 0 Å². The predicted octanol–water partition coefficient (Wildman–Crippen LogP) is 1.68. The van der Waals surface area contributed by atoms with Crippen LogP contribution in [0.1, 0.15) is 29.3 Å². The van der Waals surface area contributed by atoms with Crippen molar-refractivity contribution in [2.45, 2.75) is 19.5 Å². The fourth-order valence-corrected chi connectivity index (χ4v) is 3.67. The summed E-state index contributed by atoms with van der Waals surface area (Å²) in [6.45, 7) is 2.99. The first-order chi connectivity index (χ1) is 14.1. The molecule has 1 atom stereocenters. The molecule has 0 fully saturated rings. The summed E-state index contributed by atoms with van der Waals surface area (Å²) < 4.78 is 3.81. The Kier molecular flexibility index (Phi) is 3.97. The van der Waals surface area contributed by atoms with E-state index in [1.54, 1.807) is 28.0 Å². The van der Waals surface area contributed by atoms with Crippen LogP contribution >= 0.6 is 0 Å². The number of H-pyrrole nitrogens is 1. The fourth-order valence-electron chi connectivity index (χ4n) is 3.67. The van der Waals surface area contributed by atoms with Crippen molar-refractivity contribution in [3.05, 3.63) is 54.4 Å². The number of rotatable bonds is 3. The zero-order valence-corrected chi connectivity index (χ0v) is 16.0. The number of aryl methyl sites for hydroxylation is 1. The van der Waals surface area contributed by atoms with Gasteiger partial charge in [-0.1, -0.05) is 6.07 Å². The van der Waals surface area contributed by atoms with Crippen LogP contribution in [-0.2, 0) is 13.6 Å². The lowest BCUT2D eigenvalue weighted by Gasteiger charge is -2.32. The smallest absolute Gasteiger partial charge is 0.272 e. The molecule has 10 nitrogen and oxygen atoms in total. The average Bonchev–Trinajstić information content (AvgIpc) is 3.47. The summed E-state index contributed by atoms with van der Waals surface area (Å²) in [6.07, 6.45) is 5.38. The van der Waals surface area contributed by atoms with E-state index >= 15 is 0 Å². The molecule has 10 heteroatoms. The molecule has 1 amide bonds. The second kappa shape index (κ2) is 6.66. The van der Waals surface area contributed by atoms with Gasteiger partial charge < -0.3 is 9.47 Å². The van der Waals surface area contributed by atoms with Gasteiger partial charge in [-0.2, -0.15) is 10.2 Å². The van der Waals surface area contributed by atoms with Crippen LogP contribution in [0.25, 0.3) is 22.8 Å². The Morgan fingerprint density at radius 1 is 1.24 bits per heavy atom. The highest BCUT2D eigenvalue weighted by molar-refractivity contribution is 5.93. The summed E-state index contributed by atoms with van der Waals surface area (Å²) in [5, 5.41) is 19.9. The topological polar surface area (TPSA) is 110 Å². The highest BCUT2D eigenvalue weighted by Crippen LogP contribution is 2.28. The highest BCUT2D eigenvalue weighted by atomic mass is 16.2. The highest BCUT2D eigenvalue weighted by Gasteiger charge is 2.31. The molecule has 5 rings (SSSR count). The number of amides is 1. The minimum atomic E-state index is -0.122. The quantitative estimate of drug-likeness (QED) is 0.571. The van der Waals surface area contributed by atoms with Crippen LogP contribution in [0, 0.1) is 0 Å². The third-order valence-corrected chi connectivity index (χ3v) is 5.01. The van der Waals surface area contributed by atoms with Crippen LogP contribution in [0.3, 0.4) is 0 Å². The number of hydrogen-bond donors (Lipinski definition) is 1. The summed E-state index contributed by atoms with van der Waals surface area (Å²) >= 11 is 0. The van der Waals surface area contributed by atoms with Gasteiger partial charge in [0, 0.05) is 26.0 Å². The number of carbonyl (C=O) groups is 1. The van der Waals surface area contributed by atoms with Crippen molar-refractivity contribution in [3.8, 4) is 22.8 Å². The average molecular weight is 389 g/mol. The van der Waals surface area contributed by atoms with Crippen molar-refractivity contribution in [1.82, 2.24) is 44.6 Å². The number of aromatic nitrogens is 8. The first-order valence-electron chi connectivity index (χ1n) is 9.29. The number of pyridine rings is 1. The maximum atomic E-state index is 13.0. The van der Waals surface area contributed by atoms with Crippen molar-refractivity contribution in [1.29, 1.82) is 0 Å². The first-order valence-corrected chi connectivity index (χ1v) is 9.29. The van der Waals surface area contributed by atoms with Gasteiger partial charge in [-0.25, -0.2) is 0 Å². The van der Waals surface area contributed by atoms with Crippen molar-refractivity contribution in [3.63, 3.8) is 0 Å². The Labute approximate surface area is 166 Å². The fraction of sp³-hybridized carbons (Fsp3) is 0.263. The van der Waals surface area contributed by atoms with Crippen molar-refractivity contribution in [2.75, 3.05) is 6.54 Å². The number of fused-ring (bicyclic) bond motifs is 1. The Bertz CT molecular complexity index is 1170. The molecule has 0 spiro atoms. The molecular weight excluding hydrogens is 370 g/mol. The molecule has 0 radical (unpaired) electrons. The molecule has 4 aromatic rings. The monoisotopic (exact) mass is 389 g/mol. The second-order valence-corrected chi connectivity index (χ2v) is 7.13. The molecule has 146 valence electrons. The molecule has 0 saturated carbocycles. The van der Waals surface area contributed by atoms with Crippen LogP contribution in [0.5, 0.6) is 0 Å². The molecule has 4 aromatic heterocycles. The van der Waals surface area contributed by atoms with Crippen molar-refractivity contribution in [2.24, 2.45) is 7.05 Å². The minimum Gasteiger partial charge on any atom is -0.328 e. The van der Waals surface area contributed by atoms with E-state index < -0.39 is 0 Å². The van der Waals surface area contributed by atoms with Gasteiger partial charge in [0.05, 0.1) is 30.0 Å². The molecular formula is C19H19N9O. The van der Waals surface area contributed by atoms with Crippen LogP contribution in [0.4, 0.5) is 0 Å². The molecule has 0 bridgehead atoms. The molecule has 0 saturated heterocycles.